The summed E-state index contributed by atoms with van der Waals surface area (Å²) in [5.74, 6) is -2.42. The van der Waals surface area contributed by atoms with Gasteiger partial charge in [0.2, 0.25) is 11.8 Å². The Hall–Kier alpha value is -2.23. The molecule has 6 heterocycles. The largest absolute Gasteiger partial charge is 0.552 e. The Morgan fingerprint density at radius 2 is 1.20 bits per heavy atom. The van der Waals surface area contributed by atoms with E-state index in [0.717, 1.165) is 51.9 Å². The summed E-state index contributed by atoms with van der Waals surface area (Å²) in [6.45, 7) is 5.05. The second-order valence-corrected chi connectivity index (χ2v) is 11.5. The molecule has 40 heavy (non-hydrogen) atoms. The van der Waals surface area contributed by atoms with E-state index >= 15 is 0 Å². The molecular formula is C24H38B2N6O8. The number of nitrogens with one attached hydrogen (secondary N) is 4. The van der Waals surface area contributed by atoms with Gasteiger partial charge in [0.15, 0.2) is 12.2 Å². The van der Waals surface area contributed by atoms with Crippen LogP contribution in [-0.4, -0.2) is 136 Å². The van der Waals surface area contributed by atoms with Gasteiger partial charge in [-0.1, -0.05) is 0 Å². The van der Waals surface area contributed by atoms with Gasteiger partial charge in [0, 0.05) is 38.3 Å². The van der Waals surface area contributed by atoms with Crippen LogP contribution < -0.4 is 21.3 Å². The van der Waals surface area contributed by atoms with Crippen LogP contribution in [0.15, 0.2) is 0 Å². The molecule has 0 saturated carbocycles. The minimum atomic E-state index is -1.29. The van der Waals surface area contributed by atoms with Crippen LogP contribution in [0, 0.1) is 0 Å². The molecule has 0 aromatic heterocycles. The van der Waals surface area contributed by atoms with Crippen molar-refractivity contribution >= 4 is 38.0 Å². The minimum Gasteiger partial charge on any atom is -0.506 e. The second kappa shape index (κ2) is 12.3. The molecule has 16 heteroatoms. The monoisotopic (exact) mass is 560 g/mol. The number of hydrogen-bond acceptors (Lipinski definition) is 12. The highest BCUT2D eigenvalue weighted by Crippen LogP contribution is 2.31. The fourth-order valence-corrected chi connectivity index (χ4v) is 6.64. The predicted octanol–water partition coefficient (Wildman–Crippen LogP) is -3.19. The molecule has 6 aliphatic heterocycles. The van der Waals surface area contributed by atoms with Crippen LogP contribution in [0.4, 0.5) is 0 Å². The van der Waals surface area contributed by atoms with Gasteiger partial charge >= 0.3 is 26.2 Å². The number of rotatable bonds is 9. The first-order valence-electron chi connectivity index (χ1n) is 14.7. The van der Waals surface area contributed by atoms with Crippen molar-refractivity contribution < 1.29 is 37.8 Å². The van der Waals surface area contributed by atoms with Crippen molar-refractivity contribution in [3.63, 3.8) is 0 Å². The van der Waals surface area contributed by atoms with Gasteiger partial charge in [-0.15, -0.1) is 0 Å². The van der Waals surface area contributed by atoms with Crippen LogP contribution in [0.2, 0.25) is 0 Å². The van der Waals surface area contributed by atoms with E-state index in [2.05, 4.69) is 21.3 Å². The molecule has 218 valence electrons. The number of carbonyl (C=O) groups excluding carboxylic acids is 4. The number of hydrogen-bond donors (Lipinski definition) is 4. The van der Waals surface area contributed by atoms with Crippen molar-refractivity contribution in [2.75, 3.05) is 52.4 Å². The smallest absolute Gasteiger partial charge is 0.506 e. The Labute approximate surface area is 234 Å². The van der Waals surface area contributed by atoms with E-state index in [0.29, 0.717) is 25.9 Å². The highest BCUT2D eigenvalue weighted by atomic mass is 16.7. The van der Waals surface area contributed by atoms with E-state index in [4.69, 9.17) is 18.6 Å². The molecule has 4 N–H and O–H groups in total. The third-order valence-electron chi connectivity index (χ3n) is 8.84. The standard InChI is InChI=1S/C24H38B2N6O8/c33-19(13-29-15-5-7-27-11-15)31-9-1-3-17(31)25-37-21(23(35)39-25)22-24(36)40-26(38-22)18-4-2-10-32(18)20(34)14-30-16-6-8-28-12-16/h15-18,21-22,27-30H,1-14H2/t15-,16-,17-,18+,21?,22?/m1/s1. The maximum atomic E-state index is 12.9. The normalized spacial score (nSPS) is 34.3. The Bertz CT molecular complexity index is 907. The highest BCUT2D eigenvalue weighted by Gasteiger charge is 2.59. The Morgan fingerprint density at radius 3 is 1.60 bits per heavy atom. The van der Waals surface area contributed by atoms with Crippen LogP contribution in [0.5, 0.6) is 0 Å². The molecule has 6 aliphatic rings. The lowest BCUT2D eigenvalue weighted by atomic mass is 9.76. The van der Waals surface area contributed by atoms with E-state index in [1.165, 1.54) is 0 Å². The molecule has 0 spiro atoms. The molecule has 0 bridgehead atoms. The third-order valence-corrected chi connectivity index (χ3v) is 8.84. The third kappa shape index (κ3) is 5.88. The van der Waals surface area contributed by atoms with Crippen molar-refractivity contribution in [1.29, 1.82) is 0 Å². The Morgan fingerprint density at radius 1 is 0.750 bits per heavy atom. The molecule has 2 amide bonds. The van der Waals surface area contributed by atoms with Gasteiger partial charge in [-0.05, 0) is 51.6 Å². The molecule has 6 fully saturated rings. The first-order valence-corrected chi connectivity index (χ1v) is 14.7. The summed E-state index contributed by atoms with van der Waals surface area (Å²) < 4.78 is 22.9. The van der Waals surface area contributed by atoms with Crippen LogP contribution in [0.25, 0.3) is 0 Å². The van der Waals surface area contributed by atoms with Gasteiger partial charge < -0.3 is 49.7 Å². The minimum absolute atomic E-state index is 0.0706. The van der Waals surface area contributed by atoms with Crippen molar-refractivity contribution in [3.8, 4) is 0 Å². The molecule has 6 rings (SSSR count). The van der Waals surface area contributed by atoms with Gasteiger partial charge in [-0.25, -0.2) is 0 Å². The van der Waals surface area contributed by atoms with Crippen LogP contribution in [0.3, 0.4) is 0 Å². The summed E-state index contributed by atoms with van der Waals surface area (Å²) in [6, 6.07) is 0.528. The molecule has 6 atom stereocenters. The average molecular weight is 560 g/mol. The number of nitrogens with zero attached hydrogens (tertiary/aromatic N) is 2. The molecular weight excluding hydrogens is 522 g/mol. The van der Waals surface area contributed by atoms with Gasteiger partial charge in [0.05, 0.1) is 25.0 Å². The number of likely N-dealkylation sites (tertiary alicyclic amines) is 2. The van der Waals surface area contributed by atoms with Gasteiger partial charge in [0.1, 0.15) is 0 Å². The molecule has 0 aliphatic carbocycles. The van der Waals surface area contributed by atoms with E-state index in [1.807, 2.05) is 0 Å². The summed E-state index contributed by atoms with van der Waals surface area (Å²) in [7, 11) is -1.96. The summed E-state index contributed by atoms with van der Waals surface area (Å²) in [6.07, 6.45) is 2.17. The van der Waals surface area contributed by atoms with E-state index < -0.39 is 50.3 Å². The summed E-state index contributed by atoms with van der Waals surface area (Å²) >= 11 is 0. The molecule has 0 aromatic rings. The lowest BCUT2D eigenvalue weighted by Gasteiger charge is -2.26. The van der Waals surface area contributed by atoms with Gasteiger partial charge in [0.25, 0.3) is 0 Å². The van der Waals surface area contributed by atoms with Crippen LogP contribution in [0.1, 0.15) is 38.5 Å². The van der Waals surface area contributed by atoms with E-state index in [1.54, 1.807) is 9.80 Å². The molecule has 14 nitrogen and oxygen atoms in total. The summed E-state index contributed by atoms with van der Waals surface area (Å²) in [4.78, 5) is 54.9. The fraction of sp³-hybridized carbons (Fsp3) is 0.833. The zero-order chi connectivity index (χ0) is 27.6. The SMILES string of the molecule is O=C1OB([C@H]2CCCN2C(=O)CN[C@@H]2CCNC2)OC1C1OB([C@@H]2CCCN2C(=O)CN[C@@H]2CCNC2)OC1=O. The first kappa shape index (κ1) is 27.9. The average Bonchev–Trinajstić information content (AvgIpc) is 3.78. The summed E-state index contributed by atoms with van der Waals surface area (Å²) in [5, 5.41) is 13.1. The predicted molar refractivity (Wildman–Crippen MR) is 141 cm³/mol. The van der Waals surface area contributed by atoms with Gasteiger partial charge in [-0.2, -0.15) is 0 Å². The van der Waals surface area contributed by atoms with Crippen molar-refractivity contribution in [3.05, 3.63) is 0 Å². The van der Waals surface area contributed by atoms with E-state index in [-0.39, 0.29) is 37.0 Å². The van der Waals surface area contributed by atoms with Crippen molar-refractivity contribution in [1.82, 2.24) is 31.1 Å². The lowest BCUT2D eigenvalue weighted by Crippen LogP contribution is -2.51. The number of carbonyl (C=O) groups is 4. The second-order valence-electron chi connectivity index (χ2n) is 11.5. The Balaban J connectivity index is 1.03. The molecule has 2 unspecified atom stereocenters. The van der Waals surface area contributed by atoms with Crippen LogP contribution in [-0.2, 0) is 37.8 Å². The topological polar surface area (TPSA) is 160 Å². The van der Waals surface area contributed by atoms with Crippen LogP contribution >= 0.6 is 0 Å². The number of amides is 2. The zero-order valence-corrected chi connectivity index (χ0v) is 22.7. The van der Waals surface area contributed by atoms with Crippen molar-refractivity contribution in [2.24, 2.45) is 0 Å². The highest BCUT2D eigenvalue weighted by molar-refractivity contribution is 6.53. The van der Waals surface area contributed by atoms with Gasteiger partial charge in [-0.3, -0.25) is 19.2 Å². The fourth-order valence-electron chi connectivity index (χ4n) is 6.64. The lowest BCUT2D eigenvalue weighted by molar-refractivity contribution is -0.147. The summed E-state index contributed by atoms with van der Waals surface area (Å²) in [5.41, 5.74) is 0. The quantitative estimate of drug-likeness (QED) is 0.210. The molecule has 0 aromatic carbocycles. The maximum Gasteiger partial charge on any atom is 0.552 e. The van der Waals surface area contributed by atoms with Crippen molar-refractivity contribution in [2.45, 2.75) is 74.7 Å². The Kier molecular flexibility index (Phi) is 8.61. The molecule has 6 saturated heterocycles. The zero-order valence-electron chi connectivity index (χ0n) is 22.7. The first-order chi connectivity index (χ1) is 19.5. The maximum absolute atomic E-state index is 12.9. The molecule has 0 radical (unpaired) electrons. The van der Waals surface area contributed by atoms with E-state index in [9.17, 15) is 19.2 Å².